The van der Waals surface area contributed by atoms with Crippen LogP contribution in [0.4, 0.5) is 5.69 Å². The molecule has 1 aliphatic rings. The standard InChI is InChI=1S/C28H27N3O4/c29-24-15-16-30(18-24)27(33)19-31(26(32)14-9-20-5-2-1-3-6-20)25-12-10-21(11-13-25)22-7-4-8-23(17-22)28(34)35/h1-14,17,24H,15-16,18-19,29H2,(H,34,35)/b14-9+/t24-/m0/s1. The first-order valence-corrected chi connectivity index (χ1v) is 11.4. The number of aromatic carboxylic acids is 1. The SMILES string of the molecule is N[C@H]1CCN(C(=O)CN(C(=O)/C=C/c2ccccc2)c2ccc(-c3cccc(C(=O)O)c3)cc2)C1. The quantitative estimate of drug-likeness (QED) is 0.514. The summed E-state index contributed by atoms with van der Waals surface area (Å²) in [6.07, 6.45) is 3.93. The smallest absolute Gasteiger partial charge is 0.335 e. The largest absolute Gasteiger partial charge is 0.478 e. The first-order valence-electron chi connectivity index (χ1n) is 11.4. The summed E-state index contributed by atoms with van der Waals surface area (Å²) < 4.78 is 0. The van der Waals surface area contributed by atoms with Crippen molar-refractivity contribution >= 4 is 29.5 Å². The summed E-state index contributed by atoms with van der Waals surface area (Å²) in [5, 5.41) is 9.26. The van der Waals surface area contributed by atoms with Crippen LogP contribution in [0.15, 0.2) is 84.9 Å². The Bertz CT molecular complexity index is 1240. The van der Waals surface area contributed by atoms with Gasteiger partial charge in [-0.25, -0.2) is 4.79 Å². The van der Waals surface area contributed by atoms with E-state index in [1.165, 1.54) is 17.0 Å². The lowest BCUT2D eigenvalue weighted by molar-refractivity contribution is -0.130. The monoisotopic (exact) mass is 469 g/mol. The molecule has 7 nitrogen and oxygen atoms in total. The Balaban J connectivity index is 1.59. The number of benzene rings is 3. The lowest BCUT2D eigenvalue weighted by Crippen LogP contribution is -2.42. The molecule has 3 N–H and O–H groups in total. The van der Waals surface area contributed by atoms with Gasteiger partial charge in [-0.3, -0.25) is 14.5 Å². The van der Waals surface area contributed by atoms with E-state index in [0.717, 1.165) is 23.1 Å². The van der Waals surface area contributed by atoms with Gasteiger partial charge >= 0.3 is 5.97 Å². The Morgan fingerprint density at radius 2 is 1.71 bits per heavy atom. The molecule has 1 fully saturated rings. The van der Waals surface area contributed by atoms with E-state index in [2.05, 4.69) is 0 Å². The zero-order chi connectivity index (χ0) is 24.8. The van der Waals surface area contributed by atoms with Gasteiger partial charge in [0.05, 0.1) is 5.56 Å². The zero-order valence-corrected chi connectivity index (χ0v) is 19.2. The molecule has 0 aliphatic carbocycles. The number of hydrogen-bond acceptors (Lipinski definition) is 4. The molecule has 35 heavy (non-hydrogen) atoms. The van der Waals surface area contributed by atoms with Gasteiger partial charge in [0.1, 0.15) is 6.54 Å². The van der Waals surface area contributed by atoms with Crippen LogP contribution in [0.2, 0.25) is 0 Å². The predicted octanol–water partition coefficient (Wildman–Crippen LogP) is 3.66. The Morgan fingerprint density at radius 3 is 2.37 bits per heavy atom. The van der Waals surface area contributed by atoms with Crippen molar-refractivity contribution in [1.29, 1.82) is 0 Å². The van der Waals surface area contributed by atoms with Gasteiger partial charge in [0, 0.05) is 30.9 Å². The molecule has 3 aromatic rings. The molecule has 1 aliphatic heterocycles. The van der Waals surface area contributed by atoms with E-state index in [1.807, 2.05) is 48.5 Å². The van der Waals surface area contributed by atoms with Crippen molar-refractivity contribution < 1.29 is 19.5 Å². The van der Waals surface area contributed by atoms with Gasteiger partial charge < -0.3 is 15.7 Å². The van der Waals surface area contributed by atoms with E-state index in [1.54, 1.807) is 35.2 Å². The molecule has 4 rings (SSSR count). The lowest BCUT2D eigenvalue weighted by atomic mass is 10.0. The van der Waals surface area contributed by atoms with Crippen molar-refractivity contribution in [2.45, 2.75) is 12.5 Å². The van der Waals surface area contributed by atoms with Gasteiger partial charge in [-0.15, -0.1) is 0 Å². The van der Waals surface area contributed by atoms with Crippen LogP contribution in [0, 0.1) is 0 Å². The minimum Gasteiger partial charge on any atom is -0.478 e. The Labute approximate surface area is 204 Å². The third-order valence-corrected chi connectivity index (χ3v) is 5.98. The van der Waals surface area contributed by atoms with E-state index < -0.39 is 5.97 Å². The van der Waals surface area contributed by atoms with Crippen molar-refractivity contribution in [1.82, 2.24) is 4.90 Å². The second kappa shape index (κ2) is 10.8. The summed E-state index contributed by atoms with van der Waals surface area (Å²) >= 11 is 0. The van der Waals surface area contributed by atoms with E-state index in [4.69, 9.17) is 5.73 Å². The molecule has 1 heterocycles. The number of likely N-dealkylation sites (tertiary alicyclic amines) is 1. The van der Waals surface area contributed by atoms with Crippen molar-refractivity contribution in [3.63, 3.8) is 0 Å². The topological polar surface area (TPSA) is 104 Å². The molecule has 7 heteroatoms. The Morgan fingerprint density at radius 1 is 0.971 bits per heavy atom. The summed E-state index contributed by atoms with van der Waals surface area (Å²) in [5.41, 5.74) is 9.16. The summed E-state index contributed by atoms with van der Waals surface area (Å²) in [5.74, 6) is -1.46. The van der Waals surface area contributed by atoms with E-state index in [0.29, 0.717) is 18.8 Å². The second-order valence-corrected chi connectivity index (χ2v) is 8.49. The predicted molar refractivity (Wildman–Crippen MR) is 136 cm³/mol. The zero-order valence-electron chi connectivity index (χ0n) is 19.2. The number of carbonyl (C=O) groups excluding carboxylic acids is 2. The van der Waals surface area contributed by atoms with Gasteiger partial charge in [-0.05, 0) is 53.5 Å². The molecule has 2 amide bonds. The van der Waals surface area contributed by atoms with Gasteiger partial charge in [0.15, 0.2) is 0 Å². The normalized spacial score (nSPS) is 15.3. The van der Waals surface area contributed by atoms with Crippen LogP contribution in [0.5, 0.6) is 0 Å². The highest BCUT2D eigenvalue weighted by molar-refractivity contribution is 6.07. The number of rotatable bonds is 7. The van der Waals surface area contributed by atoms with Crippen LogP contribution in [-0.4, -0.2) is 53.5 Å². The van der Waals surface area contributed by atoms with Crippen molar-refractivity contribution in [3.05, 3.63) is 96.1 Å². The van der Waals surface area contributed by atoms with Crippen LogP contribution >= 0.6 is 0 Å². The molecule has 0 saturated carbocycles. The van der Waals surface area contributed by atoms with Gasteiger partial charge in [0.25, 0.3) is 5.91 Å². The maximum atomic E-state index is 13.2. The number of carbonyl (C=O) groups is 3. The molecule has 0 bridgehead atoms. The summed E-state index contributed by atoms with van der Waals surface area (Å²) in [6, 6.07) is 23.2. The summed E-state index contributed by atoms with van der Waals surface area (Å²) in [6.45, 7) is 0.971. The fourth-order valence-electron chi connectivity index (χ4n) is 4.03. The fourth-order valence-corrected chi connectivity index (χ4v) is 4.03. The summed E-state index contributed by atoms with van der Waals surface area (Å²) in [7, 11) is 0. The molecular weight excluding hydrogens is 442 g/mol. The van der Waals surface area contributed by atoms with Crippen molar-refractivity contribution in [3.8, 4) is 11.1 Å². The molecule has 0 radical (unpaired) electrons. The van der Waals surface area contributed by atoms with Gasteiger partial charge in [0.2, 0.25) is 5.91 Å². The number of anilines is 1. The molecule has 0 unspecified atom stereocenters. The van der Waals surface area contributed by atoms with Gasteiger partial charge in [-0.2, -0.15) is 0 Å². The highest BCUT2D eigenvalue weighted by Crippen LogP contribution is 2.25. The molecule has 3 aromatic carbocycles. The highest BCUT2D eigenvalue weighted by atomic mass is 16.4. The van der Waals surface area contributed by atoms with Crippen LogP contribution in [-0.2, 0) is 9.59 Å². The Hall–Kier alpha value is -4.23. The number of nitrogens with zero attached hydrogens (tertiary/aromatic N) is 2. The fraction of sp³-hybridized carbons (Fsp3) is 0.179. The summed E-state index contributed by atoms with van der Waals surface area (Å²) in [4.78, 5) is 40.6. The van der Waals surface area contributed by atoms with Gasteiger partial charge in [-0.1, -0.05) is 54.6 Å². The number of carboxylic acids is 1. The van der Waals surface area contributed by atoms with Crippen LogP contribution in [0.25, 0.3) is 17.2 Å². The molecule has 178 valence electrons. The third-order valence-electron chi connectivity index (χ3n) is 5.98. The molecule has 0 spiro atoms. The first kappa shape index (κ1) is 23.9. The highest BCUT2D eigenvalue weighted by Gasteiger charge is 2.26. The lowest BCUT2D eigenvalue weighted by Gasteiger charge is -2.24. The number of carboxylic acid groups (broad SMARTS) is 1. The van der Waals surface area contributed by atoms with Crippen LogP contribution < -0.4 is 10.6 Å². The van der Waals surface area contributed by atoms with Crippen molar-refractivity contribution in [2.75, 3.05) is 24.5 Å². The number of hydrogen-bond donors (Lipinski definition) is 2. The van der Waals surface area contributed by atoms with E-state index in [9.17, 15) is 19.5 Å². The van der Waals surface area contributed by atoms with Crippen molar-refractivity contribution in [2.24, 2.45) is 5.73 Å². The van der Waals surface area contributed by atoms with Crippen LogP contribution in [0.1, 0.15) is 22.3 Å². The average molecular weight is 470 g/mol. The van der Waals surface area contributed by atoms with E-state index >= 15 is 0 Å². The molecule has 1 atom stereocenters. The molecule has 1 saturated heterocycles. The molecule has 0 aromatic heterocycles. The Kier molecular flexibility index (Phi) is 7.38. The van der Waals surface area contributed by atoms with Crippen LogP contribution in [0.3, 0.4) is 0 Å². The minimum atomic E-state index is -0.995. The number of nitrogens with two attached hydrogens (primary N) is 1. The minimum absolute atomic E-state index is 0.0399. The van der Waals surface area contributed by atoms with E-state index in [-0.39, 0.29) is 30.0 Å². The third kappa shape index (κ3) is 6.02. The molecular formula is C28H27N3O4. The first-order chi connectivity index (χ1) is 16.9. The average Bonchev–Trinajstić information content (AvgIpc) is 3.33. The maximum absolute atomic E-state index is 13.2. The maximum Gasteiger partial charge on any atom is 0.335 e. The second-order valence-electron chi connectivity index (χ2n) is 8.49. The number of amides is 2.